The van der Waals surface area contributed by atoms with Crippen molar-refractivity contribution in [3.63, 3.8) is 0 Å². The third kappa shape index (κ3) is 4.80. The van der Waals surface area contributed by atoms with Crippen LogP contribution in [0, 0.1) is 0 Å². The number of carbonyl (C=O) groups is 1. The van der Waals surface area contributed by atoms with Gasteiger partial charge in [0, 0.05) is 0 Å². The molecule has 0 heterocycles. The molecule has 27 heavy (non-hydrogen) atoms. The van der Waals surface area contributed by atoms with Gasteiger partial charge in [0.2, 0.25) is 0 Å². The van der Waals surface area contributed by atoms with E-state index >= 15 is 0 Å². The fourth-order valence-corrected chi connectivity index (χ4v) is 4.53. The highest BCUT2D eigenvalue weighted by Gasteiger charge is 2.32. The molecule has 1 fully saturated rings. The van der Waals surface area contributed by atoms with Gasteiger partial charge in [0.1, 0.15) is 5.75 Å². The zero-order valence-corrected chi connectivity index (χ0v) is 16.8. The van der Waals surface area contributed by atoms with Gasteiger partial charge >= 0.3 is 5.97 Å². The molecule has 0 atom stereocenters. The summed E-state index contributed by atoms with van der Waals surface area (Å²) in [7, 11) is 0. The van der Waals surface area contributed by atoms with Gasteiger partial charge < -0.3 is 4.74 Å². The second-order valence-corrected chi connectivity index (χ2v) is 7.95. The van der Waals surface area contributed by atoms with Gasteiger partial charge in [-0.25, -0.2) is 4.79 Å². The zero-order valence-electron chi connectivity index (χ0n) is 16.8. The molecule has 2 aromatic carbocycles. The first kappa shape index (κ1) is 19.7. The molecule has 0 saturated heterocycles. The lowest BCUT2D eigenvalue weighted by atomic mass is 9.67. The molecule has 2 heteroatoms. The average Bonchev–Trinajstić information content (AvgIpc) is 2.70. The smallest absolute Gasteiger partial charge is 0.343 e. The summed E-state index contributed by atoms with van der Waals surface area (Å²) in [6.45, 7) is 4.43. The van der Waals surface area contributed by atoms with Crippen molar-refractivity contribution in [2.45, 2.75) is 77.0 Å². The van der Waals surface area contributed by atoms with Crippen LogP contribution in [0.3, 0.4) is 0 Å². The Labute approximate surface area is 164 Å². The van der Waals surface area contributed by atoms with Gasteiger partial charge in [0.15, 0.2) is 0 Å². The standard InChI is InChI=1S/C25H32O2/c1-3-8-20-9-11-21(12-10-20)24(26)27-23-15-13-22(14-16-23)25(17-4-2)18-6-5-7-19-25/h9-16H,3-8,17-19H2,1-2H3. The molecule has 1 aliphatic rings. The van der Waals surface area contributed by atoms with Crippen LogP contribution in [0.1, 0.15) is 86.7 Å². The van der Waals surface area contributed by atoms with Crippen molar-refractivity contribution in [3.05, 3.63) is 65.2 Å². The molecule has 0 aliphatic heterocycles. The second kappa shape index (κ2) is 9.21. The summed E-state index contributed by atoms with van der Waals surface area (Å²) in [5, 5.41) is 0. The Kier molecular flexibility index (Phi) is 6.71. The Morgan fingerprint density at radius 2 is 1.56 bits per heavy atom. The molecule has 0 bridgehead atoms. The Morgan fingerprint density at radius 1 is 0.889 bits per heavy atom. The lowest BCUT2D eigenvalue weighted by Crippen LogP contribution is -2.28. The predicted molar refractivity (Wildman–Crippen MR) is 112 cm³/mol. The highest BCUT2D eigenvalue weighted by molar-refractivity contribution is 5.91. The molecule has 0 spiro atoms. The van der Waals surface area contributed by atoms with E-state index in [1.807, 2.05) is 36.4 Å². The summed E-state index contributed by atoms with van der Waals surface area (Å²) in [4.78, 5) is 12.4. The van der Waals surface area contributed by atoms with Gasteiger partial charge in [-0.15, -0.1) is 0 Å². The Balaban J connectivity index is 1.68. The monoisotopic (exact) mass is 364 g/mol. The highest BCUT2D eigenvalue weighted by atomic mass is 16.5. The van der Waals surface area contributed by atoms with Crippen LogP contribution in [-0.2, 0) is 11.8 Å². The normalized spacial score (nSPS) is 16.1. The van der Waals surface area contributed by atoms with Crippen molar-refractivity contribution >= 4 is 5.97 Å². The summed E-state index contributed by atoms with van der Waals surface area (Å²) in [6, 6.07) is 16.0. The first-order valence-corrected chi connectivity index (χ1v) is 10.6. The lowest BCUT2D eigenvalue weighted by molar-refractivity contribution is 0.0734. The van der Waals surface area contributed by atoms with Crippen molar-refractivity contribution in [2.24, 2.45) is 0 Å². The fraction of sp³-hybridized carbons (Fsp3) is 0.480. The predicted octanol–water partition coefficient (Wildman–Crippen LogP) is 6.86. The van der Waals surface area contributed by atoms with Crippen molar-refractivity contribution in [3.8, 4) is 5.75 Å². The Bertz CT molecular complexity index is 716. The van der Waals surface area contributed by atoms with Crippen molar-refractivity contribution < 1.29 is 9.53 Å². The molecule has 3 rings (SSSR count). The number of benzene rings is 2. The minimum Gasteiger partial charge on any atom is -0.423 e. The number of carbonyl (C=O) groups excluding carboxylic acids is 1. The van der Waals surface area contributed by atoms with Crippen molar-refractivity contribution in [1.82, 2.24) is 0 Å². The molecule has 2 nitrogen and oxygen atoms in total. The molecule has 2 aromatic rings. The van der Waals surface area contributed by atoms with Gasteiger partial charge in [0.05, 0.1) is 5.56 Å². The summed E-state index contributed by atoms with van der Waals surface area (Å²) < 4.78 is 5.60. The van der Waals surface area contributed by atoms with Crippen LogP contribution in [0.4, 0.5) is 0 Å². The summed E-state index contributed by atoms with van der Waals surface area (Å²) in [6.07, 6.45) is 11.2. The Morgan fingerprint density at radius 3 is 2.15 bits per heavy atom. The van der Waals surface area contributed by atoms with Crippen LogP contribution in [0.15, 0.2) is 48.5 Å². The molecule has 1 saturated carbocycles. The molecule has 0 unspecified atom stereocenters. The van der Waals surface area contributed by atoms with Gasteiger partial charge in [-0.3, -0.25) is 0 Å². The average molecular weight is 365 g/mol. The summed E-state index contributed by atoms with van der Waals surface area (Å²) in [5.74, 6) is 0.343. The van der Waals surface area contributed by atoms with Gasteiger partial charge in [-0.1, -0.05) is 70.2 Å². The molecular formula is C25H32O2. The fourth-order valence-electron chi connectivity index (χ4n) is 4.53. The maximum atomic E-state index is 12.4. The van der Waals surface area contributed by atoms with Gasteiger partial charge in [-0.05, 0) is 66.5 Å². The van der Waals surface area contributed by atoms with Crippen LogP contribution < -0.4 is 4.74 Å². The van der Waals surface area contributed by atoms with Gasteiger partial charge in [0.25, 0.3) is 0 Å². The van der Waals surface area contributed by atoms with Gasteiger partial charge in [-0.2, -0.15) is 0 Å². The van der Waals surface area contributed by atoms with E-state index in [0.29, 0.717) is 16.7 Å². The molecule has 0 amide bonds. The second-order valence-electron chi connectivity index (χ2n) is 7.95. The number of aryl methyl sites for hydroxylation is 1. The quantitative estimate of drug-likeness (QED) is 0.396. The van der Waals surface area contributed by atoms with Crippen LogP contribution >= 0.6 is 0 Å². The van der Waals surface area contributed by atoms with E-state index in [2.05, 4.69) is 26.0 Å². The van der Waals surface area contributed by atoms with E-state index in [0.717, 1.165) is 12.8 Å². The first-order chi connectivity index (χ1) is 13.2. The number of hydrogen-bond donors (Lipinski definition) is 0. The topological polar surface area (TPSA) is 26.3 Å². The minimum atomic E-state index is -0.285. The number of hydrogen-bond acceptors (Lipinski definition) is 2. The van der Waals surface area contributed by atoms with E-state index in [1.54, 1.807) is 0 Å². The minimum absolute atomic E-state index is 0.285. The highest BCUT2D eigenvalue weighted by Crippen LogP contribution is 2.43. The maximum absolute atomic E-state index is 12.4. The zero-order chi connectivity index (χ0) is 19.1. The van der Waals surface area contributed by atoms with Crippen molar-refractivity contribution in [2.75, 3.05) is 0 Å². The maximum Gasteiger partial charge on any atom is 0.343 e. The van der Waals surface area contributed by atoms with E-state index in [1.165, 1.54) is 56.1 Å². The third-order valence-corrected chi connectivity index (χ3v) is 5.94. The van der Waals surface area contributed by atoms with E-state index in [9.17, 15) is 4.79 Å². The molecule has 0 radical (unpaired) electrons. The van der Waals surface area contributed by atoms with Crippen molar-refractivity contribution in [1.29, 1.82) is 0 Å². The summed E-state index contributed by atoms with van der Waals surface area (Å²) >= 11 is 0. The molecule has 1 aliphatic carbocycles. The number of esters is 1. The molecular weight excluding hydrogens is 332 g/mol. The van der Waals surface area contributed by atoms with Crippen LogP contribution in [0.25, 0.3) is 0 Å². The van der Waals surface area contributed by atoms with Crippen LogP contribution in [0.2, 0.25) is 0 Å². The Hall–Kier alpha value is -2.09. The van der Waals surface area contributed by atoms with E-state index in [-0.39, 0.29) is 5.97 Å². The SMILES string of the molecule is CCCc1ccc(C(=O)Oc2ccc(C3(CCC)CCCCC3)cc2)cc1. The summed E-state index contributed by atoms with van der Waals surface area (Å²) in [5.41, 5.74) is 3.60. The van der Waals surface area contributed by atoms with E-state index in [4.69, 9.17) is 4.74 Å². The van der Waals surface area contributed by atoms with Crippen LogP contribution in [-0.4, -0.2) is 5.97 Å². The molecule has 0 N–H and O–H groups in total. The lowest BCUT2D eigenvalue weighted by Gasteiger charge is -2.38. The molecule has 0 aromatic heterocycles. The number of rotatable bonds is 7. The third-order valence-electron chi connectivity index (χ3n) is 5.94. The molecule has 144 valence electrons. The first-order valence-electron chi connectivity index (χ1n) is 10.6. The number of ether oxygens (including phenoxy) is 1. The van der Waals surface area contributed by atoms with Crippen LogP contribution in [0.5, 0.6) is 5.75 Å². The largest absolute Gasteiger partial charge is 0.423 e. The van der Waals surface area contributed by atoms with E-state index < -0.39 is 0 Å².